The minimum absolute atomic E-state index is 0.0259. The molecule has 0 unspecified atom stereocenters. The second-order valence-corrected chi connectivity index (χ2v) is 7.60. The zero-order chi connectivity index (χ0) is 20.2. The number of carbonyl (C=O) groups is 2. The number of rotatable bonds is 4. The summed E-state index contributed by atoms with van der Waals surface area (Å²) >= 11 is 6.24. The van der Waals surface area contributed by atoms with Gasteiger partial charge in [-0.2, -0.15) is 0 Å². The van der Waals surface area contributed by atoms with Gasteiger partial charge in [-0.1, -0.05) is 41.9 Å². The molecule has 1 amide bonds. The van der Waals surface area contributed by atoms with Crippen molar-refractivity contribution in [3.8, 4) is 11.5 Å². The van der Waals surface area contributed by atoms with Gasteiger partial charge in [-0.15, -0.1) is 0 Å². The van der Waals surface area contributed by atoms with Crippen molar-refractivity contribution in [1.29, 1.82) is 0 Å². The molecule has 2 aliphatic rings. The molecule has 0 atom stereocenters. The predicted molar refractivity (Wildman–Crippen MR) is 112 cm³/mol. The molecule has 4 rings (SSSR count). The first-order valence-electron chi connectivity index (χ1n) is 9.77. The summed E-state index contributed by atoms with van der Waals surface area (Å²) in [5.41, 5.74) is 1.52. The lowest BCUT2D eigenvalue weighted by Crippen LogP contribution is -2.39. The second-order valence-electron chi connectivity index (χ2n) is 7.19. The molecule has 29 heavy (non-hydrogen) atoms. The van der Waals surface area contributed by atoms with Crippen LogP contribution in [0.15, 0.2) is 48.5 Å². The summed E-state index contributed by atoms with van der Waals surface area (Å²) in [7, 11) is 0. The summed E-state index contributed by atoms with van der Waals surface area (Å²) in [6, 6.07) is 12.9. The minimum Gasteiger partial charge on any atom is -0.486 e. The van der Waals surface area contributed by atoms with Crippen LogP contribution in [0.1, 0.15) is 28.8 Å². The van der Waals surface area contributed by atoms with Gasteiger partial charge >= 0.3 is 0 Å². The van der Waals surface area contributed by atoms with Crippen LogP contribution in [0.3, 0.4) is 0 Å². The van der Waals surface area contributed by atoms with Crippen LogP contribution in [0.5, 0.6) is 11.5 Å². The summed E-state index contributed by atoms with van der Waals surface area (Å²) in [4.78, 5) is 26.9. The Labute approximate surface area is 174 Å². The highest BCUT2D eigenvalue weighted by Crippen LogP contribution is 2.38. The van der Waals surface area contributed by atoms with Gasteiger partial charge < -0.3 is 14.4 Å². The largest absolute Gasteiger partial charge is 0.486 e. The number of Topliss-reactive ketones (excluding diaryl/α,β-unsaturated/α-hetero) is 1. The number of ether oxygens (including phenoxy) is 2. The summed E-state index contributed by atoms with van der Waals surface area (Å²) in [6.07, 6.45) is 4.64. The lowest BCUT2D eigenvalue weighted by Gasteiger charge is -2.30. The van der Waals surface area contributed by atoms with Crippen molar-refractivity contribution in [2.75, 3.05) is 26.3 Å². The normalized spacial score (nSPS) is 16.8. The zero-order valence-corrected chi connectivity index (χ0v) is 16.7. The van der Waals surface area contributed by atoms with Crippen molar-refractivity contribution in [1.82, 2.24) is 4.90 Å². The van der Waals surface area contributed by atoms with Crippen LogP contribution >= 0.6 is 11.6 Å². The van der Waals surface area contributed by atoms with Crippen molar-refractivity contribution < 1.29 is 19.1 Å². The van der Waals surface area contributed by atoms with Crippen molar-refractivity contribution in [2.24, 2.45) is 5.92 Å². The van der Waals surface area contributed by atoms with E-state index in [0.29, 0.717) is 55.7 Å². The predicted octanol–water partition coefficient (Wildman–Crippen LogP) is 4.25. The molecular formula is C23H22ClNO4. The maximum atomic E-state index is 12.6. The summed E-state index contributed by atoms with van der Waals surface area (Å²) in [5, 5.41) is 0.467. The average Bonchev–Trinajstić information content (AvgIpc) is 2.78. The molecule has 0 aliphatic carbocycles. The number of fused-ring (bicyclic) bond motifs is 1. The van der Waals surface area contributed by atoms with E-state index in [1.165, 1.54) is 0 Å². The summed E-state index contributed by atoms with van der Waals surface area (Å²) in [5.74, 6) is 1.21. The van der Waals surface area contributed by atoms with E-state index in [4.69, 9.17) is 21.1 Å². The number of amides is 1. The van der Waals surface area contributed by atoms with Crippen LogP contribution in [0.4, 0.5) is 0 Å². The third-order valence-electron chi connectivity index (χ3n) is 5.27. The second kappa shape index (κ2) is 8.70. The van der Waals surface area contributed by atoms with Gasteiger partial charge in [0.25, 0.3) is 0 Å². The van der Waals surface area contributed by atoms with Crippen LogP contribution in [-0.4, -0.2) is 42.9 Å². The van der Waals surface area contributed by atoms with Crippen LogP contribution in [0, 0.1) is 5.92 Å². The fourth-order valence-corrected chi connectivity index (χ4v) is 3.97. The number of halogens is 1. The summed E-state index contributed by atoms with van der Waals surface area (Å²) in [6.45, 7) is 2.11. The molecule has 0 radical (unpaired) electrons. The Morgan fingerprint density at radius 2 is 1.76 bits per heavy atom. The Balaban J connectivity index is 1.35. The Morgan fingerprint density at radius 1 is 1.03 bits per heavy atom. The van der Waals surface area contributed by atoms with E-state index in [9.17, 15) is 9.59 Å². The van der Waals surface area contributed by atoms with E-state index in [0.717, 1.165) is 11.1 Å². The number of nitrogens with zero attached hydrogens (tertiary/aromatic N) is 1. The Hall–Kier alpha value is -2.79. The van der Waals surface area contributed by atoms with E-state index in [2.05, 4.69) is 0 Å². The monoisotopic (exact) mass is 411 g/mol. The van der Waals surface area contributed by atoms with Gasteiger partial charge in [-0.3, -0.25) is 9.59 Å². The molecule has 0 bridgehead atoms. The zero-order valence-electron chi connectivity index (χ0n) is 16.0. The molecule has 2 aromatic rings. The molecule has 1 saturated heterocycles. The standard InChI is InChI=1S/C23H22ClNO4/c24-19-14-16(15-20-23(19)29-13-12-28-20)6-7-21(26)25-10-8-18(9-11-25)22(27)17-4-2-1-3-5-17/h1-7,14-15,18H,8-13H2/b7-6+. The van der Waals surface area contributed by atoms with E-state index >= 15 is 0 Å². The van der Waals surface area contributed by atoms with Crippen LogP contribution in [0.25, 0.3) is 6.08 Å². The number of likely N-dealkylation sites (tertiary alicyclic amines) is 1. The number of piperidine rings is 1. The van der Waals surface area contributed by atoms with Crippen molar-refractivity contribution >= 4 is 29.4 Å². The lowest BCUT2D eigenvalue weighted by atomic mass is 9.89. The van der Waals surface area contributed by atoms with E-state index in [-0.39, 0.29) is 17.6 Å². The SMILES string of the molecule is O=C(c1ccccc1)C1CCN(C(=O)/C=C/c2cc(Cl)c3c(c2)OCCO3)CC1. The molecule has 0 spiro atoms. The molecule has 2 heterocycles. The van der Waals surface area contributed by atoms with Gasteiger partial charge in [0, 0.05) is 30.6 Å². The molecule has 2 aliphatic heterocycles. The third-order valence-corrected chi connectivity index (χ3v) is 5.55. The molecular weight excluding hydrogens is 390 g/mol. The molecule has 2 aromatic carbocycles. The van der Waals surface area contributed by atoms with Crippen molar-refractivity contribution in [2.45, 2.75) is 12.8 Å². The van der Waals surface area contributed by atoms with Crippen LogP contribution in [0.2, 0.25) is 5.02 Å². The smallest absolute Gasteiger partial charge is 0.246 e. The van der Waals surface area contributed by atoms with Gasteiger partial charge in [0.05, 0.1) is 5.02 Å². The fourth-order valence-electron chi connectivity index (χ4n) is 3.70. The topological polar surface area (TPSA) is 55.8 Å². The molecule has 0 saturated carbocycles. The molecule has 150 valence electrons. The fraction of sp³-hybridized carbons (Fsp3) is 0.304. The van der Waals surface area contributed by atoms with E-state index < -0.39 is 0 Å². The van der Waals surface area contributed by atoms with E-state index in [1.54, 1.807) is 23.1 Å². The molecule has 1 fully saturated rings. The van der Waals surface area contributed by atoms with Crippen molar-refractivity contribution in [3.63, 3.8) is 0 Å². The first-order chi connectivity index (χ1) is 14.1. The highest BCUT2D eigenvalue weighted by atomic mass is 35.5. The summed E-state index contributed by atoms with van der Waals surface area (Å²) < 4.78 is 11.1. The Morgan fingerprint density at radius 3 is 2.52 bits per heavy atom. The number of ketones is 1. The first-order valence-corrected chi connectivity index (χ1v) is 10.1. The molecule has 0 N–H and O–H groups in total. The number of hydrogen-bond donors (Lipinski definition) is 0. The highest BCUT2D eigenvalue weighted by Gasteiger charge is 2.27. The molecule has 6 heteroatoms. The van der Waals surface area contributed by atoms with Gasteiger partial charge in [0.2, 0.25) is 5.91 Å². The van der Waals surface area contributed by atoms with E-state index in [1.807, 2.05) is 36.4 Å². The highest BCUT2D eigenvalue weighted by molar-refractivity contribution is 6.32. The first kappa shape index (κ1) is 19.5. The van der Waals surface area contributed by atoms with Crippen LogP contribution in [-0.2, 0) is 4.79 Å². The number of carbonyl (C=O) groups excluding carboxylic acids is 2. The maximum Gasteiger partial charge on any atom is 0.246 e. The van der Waals surface area contributed by atoms with Crippen molar-refractivity contribution in [3.05, 3.63) is 64.7 Å². The minimum atomic E-state index is -0.0679. The quantitative estimate of drug-likeness (QED) is 0.557. The van der Waals surface area contributed by atoms with Gasteiger partial charge in [0.1, 0.15) is 13.2 Å². The van der Waals surface area contributed by atoms with Gasteiger partial charge in [-0.25, -0.2) is 0 Å². The Bertz CT molecular complexity index is 933. The van der Waals surface area contributed by atoms with Gasteiger partial charge in [0.15, 0.2) is 17.3 Å². The third kappa shape index (κ3) is 4.46. The Kier molecular flexibility index (Phi) is 5.86. The average molecular weight is 412 g/mol. The number of benzene rings is 2. The molecule has 0 aromatic heterocycles. The van der Waals surface area contributed by atoms with Gasteiger partial charge in [-0.05, 0) is 36.6 Å². The maximum absolute atomic E-state index is 12.6. The molecule has 5 nitrogen and oxygen atoms in total. The number of hydrogen-bond acceptors (Lipinski definition) is 4. The lowest BCUT2D eigenvalue weighted by molar-refractivity contribution is -0.127. The van der Waals surface area contributed by atoms with Crippen LogP contribution < -0.4 is 9.47 Å².